The minimum atomic E-state index is -0.957. The van der Waals surface area contributed by atoms with Gasteiger partial charge in [-0.1, -0.05) is 105 Å². The summed E-state index contributed by atoms with van der Waals surface area (Å²) >= 11 is 0. The van der Waals surface area contributed by atoms with Gasteiger partial charge < -0.3 is 39.9 Å². The first-order valence-electron chi connectivity index (χ1n) is 21.2. The molecule has 15 heteroatoms. The number of aromatic nitrogens is 4. The second-order valence-electron chi connectivity index (χ2n) is 16.6. The molecule has 4 amide bonds. The van der Waals surface area contributed by atoms with Crippen molar-refractivity contribution in [3.63, 3.8) is 0 Å². The van der Waals surface area contributed by atoms with Gasteiger partial charge in [0.05, 0.1) is 56.1 Å². The number of hydrogen-bond acceptors (Lipinski definition) is 9. The van der Waals surface area contributed by atoms with E-state index >= 15 is 0 Å². The highest BCUT2D eigenvalue weighted by atomic mass is 16.5. The van der Waals surface area contributed by atoms with Gasteiger partial charge in [0.2, 0.25) is 5.91 Å². The molecule has 4 heterocycles. The van der Waals surface area contributed by atoms with E-state index in [1.54, 1.807) is 34.3 Å². The minimum absolute atomic E-state index is 0.152. The van der Waals surface area contributed by atoms with E-state index in [1.807, 2.05) is 44.2 Å². The zero-order valence-corrected chi connectivity index (χ0v) is 36.2. The Morgan fingerprint density at radius 1 is 0.734 bits per heavy atom. The summed E-state index contributed by atoms with van der Waals surface area (Å²) in [5.74, 6) is 0.624. The fraction of sp³-hybridized carbons (Fsp3) is 0.286. The highest BCUT2D eigenvalue weighted by Gasteiger charge is 2.42. The highest BCUT2D eigenvalue weighted by molar-refractivity contribution is 5.91. The van der Waals surface area contributed by atoms with Crippen molar-refractivity contribution in [2.45, 2.75) is 56.9 Å². The van der Waals surface area contributed by atoms with Gasteiger partial charge in [-0.3, -0.25) is 14.6 Å². The third-order valence-electron chi connectivity index (χ3n) is 12.1. The third-order valence-corrected chi connectivity index (χ3v) is 12.1. The van der Waals surface area contributed by atoms with E-state index in [9.17, 15) is 19.2 Å². The van der Waals surface area contributed by atoms with E-state index in [4.69, 9.17) is 19.4 Å². The number of H-pyrrole nitrogens is 2. The van der Waals surface area contributed by atoms with Gasteiger partial charge in [-0.25, -0.2) is 19.6 Å². The average molecular weight is 862 g/mol. The van der Waals surface area contributed by atoms with Crippen molar-refractivity contribution in [1.29, 1.82) is 0 Å². The molecule has 2 aromatic heterocycles. The fourth-order valence-corrected chi connectivity index (χ4v) is 8.62. The van der Waals surface area contributed by atoms with Crippen molar-refractivity contribution in [2.75, 3.05) is 27.3 Å². The molecule has 6 aromatic rings. The lowest BCUT2D eigenvalue weighted by molar-refractivity contribution is -0.135. The fourth-order valence-electron chi connectivity index (χ4n) is 8.62. The summed E-state index contributed by atoms with van der Waals surface area (Å²) in [5.41, 5.74) is 7.17. The van der Waals surface area contributed by atoms with Crippen LogP contribution in [0.3, 0.4) is 0 Å². The van der Waals surface area contributed by atoms with Crippen LogP contribution in [-0.4, -0.2) is 99.8 Å². The van der Waals surface area contributed by atoms with Gasteiger partial charge in [0, 0.05) is 18.7 Å². The molecule has 8 rings (SSSR count). The topological polar surface area (TPSA) is 187 Å². The first-order chi connectivity index (χ1) is 30.9. The molecule has 328 valence electrons. The lowest BCUT2D eigenvalue weighted by atomic mass is 9.98. The Hall–Kier alpha value is -7.55. The molecule has 4 aromatic carbocycles. The monoisotopic (exact) mass is 861 g/mol. The summed E-state index contributed by atoms with van der Waals surface area (Å²) in [6, 6.07) is 27.3. The maximum atomic E-state index is 14.1. The van der Waals surface area contributed by atoms with Gasteiger partial charge >= 0.3 is 12.2 Å². The molecule has 0 radical (unpaired) electrons. The number of likely N-dealkylation sites (tertiary alicyclic amines) is 2. The number of aromatic amines is 2. The van der Waals surface area contributed by atoms with Crippen molar-refractivity contribution in [1.82, 2.24) is 40.4 Å². The summed E-state index contributed by atoms with van der Waals surface area (Å²) in [6.07, 6.45) is 3.30. The number of nitrogens with one attached hydrogen (secondary N) is 4. The number of carbonyl (C=O) groups is 4. The van der Waals surface area contributed by atoms with E-state index in [0.29, 0.717) is 43.1 Å². The zero-order valence-electron chi connectivity index (χ0n) is 36.2. The molecule has 0 bridgehead atoms. The number of methoxy groups -OCH3 is 2. The minimum Gasteiger partial charge on any atom is -0.453 e. The number of hydrogen-bond donors (Lipinski definition) is 4. The number of rotatable bonds is 12. The Morgan fingerprint density at radius 3 is 1.95 bits per heavy atom. The van der Waals surface area contributed by atoms with Crippen LogP contribution in [0.5, 0.6) is 0 Å². The molecule has 2 fully saturated rings. The Kier molecular flexibility index (Phi) is 12.4. The molecule has 4 N–H and O–H groups in total. The zero-order chi connectivity index (χ0) is 45.1. The smallest absolute Gasteiger partial charge is 0.407 e. The number of nitrogens with zero attached hydrogens (tertiary/aromatic N) is 5. The molecule has 0 aliphatic carbocycles. The Bertz CT molecular complexity index is 2710. The van der Waals surface area contributed by atoms with Crippen molar-refractivity contribution < 1.29 is 28.7 Å². The first-order valence-corrected chi connectivity index (χ1v) is 21.2. The van der Waals surface area contributed by atoms with Crippen molar-refractivity contribution >= 4 is 41.5 Å². The summed E-state index contributed by atoms with van der Waals surface area (Å²) < 4.78 is 9.62. The van der Waals surface area contributed by atoms with Gasteiger partial charge in [0.25, 0.3) is 5.91 Å². The molecule has 2 aliphatic heterocycles. The van der Waals surface area contributed by atoms with Gasteiger partial charge in [-0.05, 0) is 70.6 Å². The molecule has 2 saturated heterocycles. The molecule has 15 nitrogen and oxygen atoms in total. The number of fused-ring (bicyclic) bond motifs is 1. The van der Waals surface area contributed by atoms with Crippen molar-refractivity contribution in [3.05, 3.63) is 133 Å². The van der Waals surface area contributed by atoms with Crippen LogP contribution in [0.4, 0.5) is 9.59 Å². The third kappa shape index (κ3) is 8.87. The molecule has 0 spiro atoms. The predicted molar refractivity (Wildman–Crippen MR) is 244 cm³/mol. The quantitative estimate of drug-likeness (QED) is 0.0705. The first kappa shape index (κ1) is 43.1. The number of amides is 4. The predicted octanol–water partition coefficient (Wildman–Crippen LogP) is 7.94. The number of carbonyl (C=O) groups excluding carboxylic acids is 4. The van der Waals surface area contributed by atoms with Gasteiger partial charge in [-0.2, -0.15) is 0 Å². The standard InChI is InChI=1S/C49H51N9O6/c1-28(2)42(55-48(61)63-5)46(59)57-26-29(3)20-40(57)44-52-25-39(54-44)36-19-18-34-21-33(16-17-35(34)22-36)30-12-14-31(15-13-30)38-24-51-45(53-38)41-23-37(50-4)27-58(41)47(60)43(56-49(62)64-6)32-10-8-7-9-11-32/h7-19,21-22,24-25,28,37,40-43H,3-4,20,23,26-27H2,1-2,5-6H3,(H,51,53)(H,52,54)(H,55,61)(H,56,62)/t37-,40-,41-,42-,43+/m0/s1. The SMILES string of the molecule is C=N[C@H]1C[C@@H](c2ncc(-c3ccc(-c4ccc5cc(-c6cnc([C@@H]7CC(=C)CN7C(=O)[C@@H](NC(=O)OC)C(C)C)[nH]6)ccc5c4)cc3)[nH]2)N(C(=O)[C@H](NC(=O)OC)c2ccccc2)C1. The van der Waals surface area contributed by atoms with E-state index in [1.165, 1.54) is 14.2 Å². The summed E-state index contributed by atoms with van der Waals surface area (Å²) in [7, 11) is 2.54. The number of benzene rings is 4. The molecule has 0 unspecified atom stereocenters. The molecule has 0 saturated carbocycles. The van der Waals surface area contributed by atoms with Crippen LogP contribution in [0.15, 0.2) is 121 Å². The van der Waals surface area contributed by atoms with Crippen LogP contribution >= 0.6 is 0 Å². The number of imidazole rings is 2. The Labute approximate surface area is 371 Å². The average Bonchev–Trinajstić information content (AvgIpc) is 4.16. The van der Waals surface area contributed by atoms with Crippen LogP contribution < -0.4 is 10.6 Å². The summed E-state index contributed by atoms with van der Waals surface area (Å²) in [4.78, 5) is 76.2. The largest absolute Gasteiger partial charge is 0.453 e. The van der Waals surface area contributed by atoms with Crippen molar-refractivity contribution in [2.24, 2.45) is 10.9 Å². The van der Waals surface area contributed by atoms with E-state index in [0.717, 1.165) is 50.0 Å². The van der Waals surface area contributed by atoms with E-state index < -0.39 is 30.3 Å². The maximum absolute atomic E-state index is 14.1. The number of alkyl carbamates (subject to hydrolysis) is 2. The summed E-state index contributed by atoms with van der Waals surface area (Å²) in [5, 5.41) is 7.52. The highest BCUT2D eigenvalue weighted by Crippen LogP contribution is 2.38. The molecular formula is C49H51N9O6. The lowest BCUT2D eigenvalue weighted by Crippen LogP contribution is -2.51. The van der Waals surface area contributed by atoms with Crippen molar-refractivity contribution in [3.8, 4) is 33.6 Å². The Balaban J connectivity index is 0.964. The van der Waals surface area contributed by atoms with Crippen LogP contribution in [0.1, 0.15) is 62.0 Å². The van der Waals surface area contributed by atoms with Crippen LogP contribution in [0.2, 0.25) is 0 Å². The number of aliphatic imine (C=N–C) groups is 1. The van der Waals surface area contributed by atoms with Crippen LogP contribution in [0, 0.1) is 5.92 Å². The molecular weight excluding hydrogens is 811 g/mol. The number of ether oxygens (including phenoxy) is 2. The van der Waals surface area contributed by atoms with Gasteiger partial charge in [0.15, 0.2) is 0 Å². The van der Waals surface area contributed by atoms with Crippen LogP contribution in [0.25, 0.3) is 44.4 Å². The second kappa shape index (κ2) is 18.4. The van der Waals surface area contributed by atoms with Gasteiger partial charge in [-0.15, -0.1) is 0 Å². The Morgan fingerprint density at radius 2 is 1.31 bits per heavy atom. The van der Waals surface area contributed by atoms with Crippen LogP contribution in [-0.2, 0) is 19.1 Å². The molecule has 5 atom stereocenters. The molecule has 2 aliphatic rings. The maximum Gasteiger partial charge on any atom is 0.407 e. The van der Waals surface area contributed by atoms with Gasteiger partial charge in [0.1, 0.15) is 23.7 Å². The lowest BCUT2D eigenvalue weighted by Gasteiger charge is -2.29. The second-order valence-corrected chi connectivity index (χ2v) is 16.6. The normalized spacial score (nSPS) is 18.2. The summed E-state index contributed by atoms with van der Waals surface area (Å²) in [6.45, 7) is 12.4. The molecule has 64 heavy (non-hydrogen) atoms. The van der Waals surface area contributed by atoms with E-state index in [-0.39, 0.29) is 29.8 Å². The van der Waals surface area contributed by atoms with E-state index in [2.05, 4.69) is 87.4 Å².